The van der Waals surface area contributed by atoms with Gasteiger partial charge in [-0.05, 0) is 35.7 Å². The van der Waals surface area contributed by atoms with E-state index in [1.54, 1.807) is 6.26 Å². The zero-order valence-electron chi connectivity index (χ0n) is 14.2. The summed E-state index contributed by atoms with van der Waals surface area (Å²) in [4.78, 5) is 4.83. The van der Waals surface area contributed by atoms with Crippen molar-refractivity contribution in [3.8, 4) is 0 Å². The maximum Gasteiger partial charge on any atom is 0.182 e. The lowest BCUT2D eigenvalue weighted by Gasteiger charge is -2.12. The van der Waals surface area contributed by atoms with Crippen molar-refractivity contribution < 1.29 is 14.0 Å². The summed E-state index contributed by atoms with van der Waals surface area (Å²) < 4.78 is 10.2. The van der Waals surface area contributed by atoms with Gasteiger partial charge in [0.2, 0.25) is 0 Å². The molecule has 0 amide bonds. The Bertz CT molecular complexity index is 626. The number of nitrogens with one attached hydrogen (secondary N) is 1. The molecule has 0 heterocycles. The number of anilines is 1. The van der Waals surface area contributed by atoms with Gasteiger partial charge in [0.15, 0.2) is 6.79 Å². The monoisotopic (exact) mass is 345 g/mol. The Hall–Kier alpha value is -1.79. The first-order chi connectivity index (χ1) is 11.7. The summed E-state index contributed by atoms with van der Waals surface area (Å²) in [5.41, 5.74) is 4.52. The van der Waals surface area contributed by atoms with E-state index in [1.165, 1.54) is 5.56 Å². The van der Waals surface area contributed by atoms with Crippen LogP contribution in [0.4, 0.5) is 5.69 Å². The van der Waals surface area contributed by atoms with Gasteiger partial charge >= 0.3 is 0 Å². The van der Waals surface area contributed by atoms with Crippen molar-refractivity contribution in [2.24, 2.45) is 0 Å². The van der Waals surface area contributed by atoms with Gasteiger partial charge in [-0.25, -0.2) is 0 Å². The van der Waals surface area contributed by atoms with E-state index in [0.29, 0.717) is 0 Å². The van der Waals surface area contributed by atoms with E-state index in [4.69, 9.17) is 14.0 Å². The van der Waals surface area contributed by atoms with Crippen LogP contribution in [0, 0.1) is 0 Å². The van der Waals surface area contributed by atoms with Crippen molar-refractivity contribution in [3.05, 3.63) is 65.2 Å². The third-order valence-corrected chi connectivity index (χ3v) is 3.79. The smallest absolute Gasteiger partial charge is 0.182 e. The Kier molecular flexibility index (Phi) is 7.85. The summed E-state index contributed by atoms with van der Waals surface area (Å²) in [6, 6.07) is 16.6. The molecule has 1 unspecified atom stereocenters. The predicted molar refractivity (Wildman–Crippen MR) is 101 cm³/mol. The van der Waals surface area contributed by atoms with Crippen LogP contribution in [-0.2, 0) is 14.0 Å². The van der Waals surface area contributed by atoms with Crippen LogP contribution < -0.4 is 5.32 Å². The SMILES string of the molecule is CNc1ccc(/C=C/c2ccc(C(C)OCOOSC)cc2)cc1. The molecule has 0 aliphatic carbocycles. The minimum atomic E-state index is -0.0532. The lowest BCUT2D eigenvalue weighted by molar-refractivity contribution is -0.264. The zero-order valence-corrected chi connectivity index (χ0v) is 15.0. The molecule has 24 heavy (non-hydrogen) atoms. The first-order valence-corrected chi connectivity index (χ1v) is 8.87. The highest BCUT2D eigenvalue weighted by Gasteiger charge is 2.05. The van der Waals surface area contributed by atoms with Crippen molar-refractivity contribution >= 4 is 29.9 Å². The molecular weight excluding hydrogens is 322 g/mol. The largest absolute Gasteiger partial charge is 0.388 e. The number of ether oxygens (including phenoxy) is 1. The highest BCUT2D eigenvalue weighted by molar-refractivity contribution is 7.93. The summed E-state index contributed by atoms with van der Waals surface area (Å²) in [6.45, 7) is 2.09. The van der Waals surface area contributed by atoms with Gasteiger partial charge in [0, 0.05) is 31.0 Å². The van der Waals surface area contributed by atoms with Gasteiger partial charge < -0.3 is 10.1 Å². The second-order valence-corrected chi connectivity index (χ2v) is 5.62. The first kappa shape index (κ1) is 18.5. The molecule has 2 aromatic rings. The molecule has 1 atom stereocenters. The normalized spacial score (nSPS) is 12.5. The molecule has 4 nitrogen and oxygen atoms in total. The van der Waals surface area contributed by atoms with Gasteiger partial charge in [0.05, 0.1) is 6.10 Å². The molecule has 2 aromatic carbocycles. The van der Waals surface area contributed by atoms with Gasteiger partial charge in [0.25, 0.3) is 0 Å². The number of rotatable bonds is 9. The molecular formula is C19H23NO3S. The van der Waals surface area contributed by atoms with E-state index >= 15 is 0 Å². The van der Waals surface area contributed by atoms with E-state index in [1.807, 2.05) is 14.0 Å². The highest BCUT2D eigenvalue weighted by Crippen LogP contribution is 2.19. The van der Waals surface area contributed by atoms with E-state index in [0.717, 1.165) is 28.9 Å². The molecule has 0 spiro atoms. The van der Waals surface area contributed by atoms with Gasteiger partial charge in [-0.3, -0.25) is 0 Å². The third-order valence-electron chi connectivity index (χ3n) is 3.56. The summed E-state index contributed by atoms with van der Waals surface area (Å²) in [5.74, 6) is 0. The number of hydrogen-bond acceptors (Lipinski definition) is 5. The molecule has 1 N–H and O–H groups in total. The maximum absolute atomic E-state index is 5.54. The van der Waals surface area contributed by atoms with E-state index in [9.17, 15) is 0 Å². The van der Waals surface area contributed by atoms with Crippen LogP contribution in [0.25, 0.3) is 12.2 Å². The van der Waals surface area contributed by atoms with Crippen molar-refractivity contribution in [1.82, 2.24) is 0 Å². The van der Waals surface area contributed by atoms with Crippen molar-refractivity contribution in [1.29, 1.82) is 0 Å². The Morgan fingerprint density at radius 3 is 2.12 bits per heavy atom. The first-order valence-electron chi connectivity index (χ1n) is 7.72. The second-order valence-electron chi connectivity index (χ2n) is 5.15. The summed E-state index contributed by atoms with van der Waals surface area (Å²) in [5, 5.41) is 3.11. The minimum Gasteiger partial charge on any atom is -0.388 e. The quantitative estimate of drug-likeness (QED) is 0.170. The van der Waals surface area contributed by atoms with Gasteiger partial charge in [-0.15, -0.1) is 0 Å². The average Bonchev–Trinajstić information content (AvgIpc) is 2.64. The standard InChI is InChI=1S/C19H23NO3S/c1-15(21-14-22-23-24-3)18-10-6-16(7-11-18)4-5-17-8-12-19(20-2)13-9-17/h4-13,15,20H,14H2,1-3H3/b5-4+. The second kappa shape index (κ2) is 10.2. The maximum atomic E-state index is 5.54. The van der Waals surface area contributed by atoms with Gasteiger partial charge in [-0.1, -0.05) is 48.6 Å². The molecule has 128 valence electrons. The number of benzene rings is 2. The molecule has 2 rings (SSSR count). The van der Waals surface area contributed by atoms with Crippen LogP contribution in [0.1, 0.15) is 29.7 Å². The van der Waals surface area contributed by atoms with E-state index in [2.05, 4.69) is 66.0 Å². The minimum absolute atomic E-state index is 0.0532. The highest BCUT2D eigenvalue weighted by atomic mass is 32.2. The third kappa shape index (κ3) is 6.02. The summed E-state index contributed by atoms with van der Waals surface area (Å²) in [6.07, 6.45) is 5.92. The van der Waals surface area contributed by atoms with Crippen LogP contribution in [0.15, 0.2) is 48.5 Å². The van der Waals surface area contributed by atoms with Gasteiger partial charge in [-0.2, -0.15) is 9.22 Å². The van der Waals surface area contributed by atoms with Gasteiger partial charge in [0.1, 0.15) is 0 Å². The Morgan fingerprint density at radius 1 is 1.00 bits per heavy atom. The molecule has 0 aliphatic heterocycles. The van der Waals surface area contributed by atoms with Crippen LogP contribution in [0.3, 0.4) is 0 Å². The molecule has 0 aromatic heterocycles. The number of hydrogen-bond donors (Lipinski definition) is 1. The lowest BCUT2D eigenvalue weighted by atomic mass is 10.1. The van der Waals surface area contributed by atoms with Crippen LogP contribution in [-0.4, -0.2) is 20.1 Å². The summed E-state index contributed by atoms with van der Waals surface area (Å²) in [7, 11) is 1.92. The van der Waals surface area contributed by atoms with E-state index < -0.39 is 0 Å². The molecule has 0 saturated heterocycles. The van der Waals surface area contributed by atoms with Crippen molar-refractivity contribution in [2.45, 2.75) is 13.0 Å². The van der Waals surface area contributed by atoms with E-state index in [-0.39, 0.29) is 12.9 Å². The molecule has 0 saturated carbocycles. The molecule has 0 radical (unpaired) electrons. The molecule has 0 fully saturated rings. The molecule has 0 aliphatic rings. The fourth-order valence-corrected chi connectivity index (χ4v) is 2.26. The molecule has 5 heteroatoms. The summed E-state index contributed by atoms with van der Waals surface area (Å²) >= 11 is 1.14. The van der Waals surface area contributed by atoms with Crippen molar-refractivity contribution in [3.63, 3.8) is 0 Å². The fourth-order valence-electron chi connectivity index (χ4n) is 2.13. The Balaban J connectivity index is 1.89. The average molecular weight is 345 g/mol. The van der Waals surface area contributed by atoms with Crippen LogP contribution in [0.2, 0.25) is 0 Å². The Morgan fingerprint density at radius 2 is 1.58 bits per heavy atom. The topological polar surface area (TPSA) is 39.7 Å². The Labute approximate surface area is 148 Å². The van der Waals surface area contributed by atoms with Crippen LogP contribution in [0.5, 0.6) is 0 Å². The molecule has 0 bridgehead atoms. The predicted octanol–water partition coefficient (Wildman–Crippen LogP) is 5.16. The fraction of sp³-hybridized carbons (Fsp3) is 0.263. The van der Waals surface area contributed by atoms with Crippen molar-refractivity contribution in [2.75, 3.05) is 25.4 Å². The lowest BCUT2D eigenvalue weighted by Crippen LogP contribution is -2.03. The zero-order chi connectivity index (χ0) is 17.2. The van der Waals surface area contributed by atoms with Crippen LogP contribution >= 0.6 is 12.0 Å².